The number of halogens is 1. The second-order valence-electron chi connectivity index (χ2n) is 4.32. The Hall–Kier alpha value is -2.96. The van der Waals surface area contributed by atoms with Crippen molar-refractivity contribution >= 4 is 11.7 Å². The topological polar surface area (TPSA) is 78.7 Å². The highest BCUT2D eigenvalue weighted by Gasteiger charge is 2.25. The second-order valence-corrected chi connectivity index (χ2v) is 4.32. The molecule has 0 fully saturated rings. The van der Waals surface area contributed by atoms with Crippen LogP contribution in [0, 0.1) is 15.9 Å². The highest BCUT2D eigenvalue weighted by molar-refractivity contribution is 5.94. The summed E-state index contributed by atoms with van der Waals surface area (Å²) in [6.45, 7) is 0.0657. The Morgan fingerprint density at radius 3 is 2.55 bits per heavy atom. The highest BCUT2D eigenvalue weighted by atomic mass is 19.1. The SMILES string of the molecule is COC(=O)c1cc(OCc2ccccc2)c(F)cc1[N+](=O)[O-]. The normalized spacial score (nSPS) is 10.1. The van der Waals surface area contributed by atoms with E-state index in [4.69, 9.17) is 4.74 Å². The van der Waals surface area contributed by atoms with Crippen LogP contribution in [0.15, 0.2) is 42.5 Å². The van der Waals surface area contributed by atoms with Crippen LogP contribution in [-0.4, -0.2) is 18.0 Å². The molecule has 0 amide bonds. The predicted molar refractivity (Wildman–Crippen MR) is 75.2 cm³/mol. The predicted octanol–water partition coefficient (Wildman–Crippen LogP) is 3.10. The first-order valence-electron chi connectivity index (χ1n) is 6.26. The second kappa shape index (κ2) is 6.66. The van der Waals surface area contributed by atoms with Gasteiger partial charge in [0.2, 0.25) is 0 Å². The Balaban J connectivity index is 2.32. The largest absolute Gasteiger partial charge is 0.486 e. The number of hydrogen-bond acceptors (Lipinski definition) is 5. The van der Waals surface area contributed by atoms with E-state index in [0.717, 1.165) is 18.7 Å². The Kier molecular flexibility index (Phi) is 4.67. The first-order valence-corrected chi connectivity index (χ1v) is 6.26. The van der Waals surface area contributed by atoms with Crippen LogP contribution >= 0.6 is 0 Å². The van der Waals surface area contributed by atoms with E-state index in [9.17, 15) is 19.3 Å². The van der Waals surface area contributed by atoms with Crippen molar-refractivity contribution in [3.05, 3.63) is 69.5 Å². The van der Waals surface area contributed by atoms with Crippen LogP contribution in [0.1, 0.15) is 15.9 Å². The number of hydrogen-bond donors (Lipinski definition) is 0. The fourth-order valence-electron chi connectivity index (χ4n) is 1.81. The molecule has 0 bridgehead atoms. The maximum atomic E-state index is 13.9. The lowest BCUT2D eigenvalue weighted by Gasteiger charge is -2.09. The van der Waals surface area contributed by atoms with Crippen molar-refractivity contribution in [2.45, 2.75) is 6.61 Å². The van der Waals surface area contributed by atoms with Gasteiger partial charge in [-0.1, -0.05) is 30.3 Å². The Bertz CT molecular complexity index is 703. The van der Waals surface area contributed by atoms with Gasteiger partial charge in [0.1, 0.15) is 12.2 Å². The van der Waals surface area contributed by atoms with Crippen LogP contribution < -0.4 is 4.74 Å². The first kappa shape index (κ1) is 15.4. The van der Waals surface area contributed by atoms with E-state index >= 15 is 0 Å². The van der Waals surface area contributed by atoms with Gasteiger partial charge in [-0.25, -0.2) is 9.18 Å². The molecule has 0 aliphatic heterocycles. The standard InChI is InChI=1S/C15H12FNO5/c1-21-15(18)11-7-14(12(16)8-13(11)17(19)20)22-9-10-5-3-2-4-6-10/h2-8H,9H2,1H3. The molecule has 22 heavy (non-hydrogen) atoms. The van der Waals surface area contributed by atoms with Gasteiger partial charge in [-0.3, -0.25) is 10.1 Å². The van der Waals surface area contributed by atoms with Crippen LogP contribution in [0.3, 0.4) is 0 Å². The third-order valence-electron chi connectivity index (χ3n) is 2.89. The zero-order valence-corrected chi connectivity index (χ0v) is 11.6. The maximum Gasteiger partial charge on any atom is 0.345 e. The van der Waals surface area contributed by atoms with Crippen molar-refractivity contribution < 1.29 is 23.6 Å². The van der Waals surface area contributed by atoms with Gasteiger partial charge < -0.3 is 9.47 Å². The molecule has 0 radical (unpaired) electrons. The quantitative estimate of drug-likeness (QED) is 0.482. The lowest BCUT2D eigenvalue weighted by Crippen LogP contribution is -2.08. The summed E-state index contributed by atoms with van der Waals surface area (Å²) in [6, 6.07) is 10.6. The summed E-state index contributed by atoms with van der Waals surface area (Å²) < 4.78 is 23.6. The number of rotatable bonds is 5. The van der Waals surface area contributed by atoms with Crippen molar-refractivity contribution in [3.8, 4) is 5.75 Å². The Morgan fingerprint density at radius 2 is 1.95 bits per heavy atom. The maximum absolute atomic E-state index is 13.9. The van der Waals surface area contributed by atoms with Crippen molar-refractivity contribution in [1.29, 1.82) is 0 Å². The molecule has 0 heterocycles. The molecule has 0 aromatic heterocycles. The molecule has 2 aromatic carbocycles. The lowest BCUT2D eigenvalue weighted by atomic mass is 10.1. The van der Waals surface area contributed by atoms with Gasteiger partial charge >= 0.3 is 5.97 Å². The number of nitro benzene ring substituents is 1. The average Bonchev–Trinajstić information content (AvgIpc) is 2.53. The lowest BCUT2D eigenvalue weighted by molar-refractivity contribution is -0.385. The van der Waals surface area contributed by atoms with Crippen LogP contribution in [-0.2, 0) is 11.3 Å². The molecule has 0 unspecified atom stereocenters. The minimum Gasteiger partial charge on any atom is -0.486 e. The number of methoxy groups -OCH3 is 1. The number of carbonyl (C=O) groups excluding carboxylic acids is 1. The number of carbonyl (C=O) groups is 1. The molecule has 0 atom stereocenters. The number of benzene rings is 2. The van der Waals surface area contributed by atoms with Gasteiger partial charge in [-0.05, 0) is 5.56 Å². The third kappa shape index (κ3) is 3.38. The van der Waals surface area contributed by atoms with E-state index < -0.39 is 22.4 Å². The van der Waals surface area contributed by atoms with E-state index in [1.807, 2.05) is 6.07 Å². The third-order valence-corrected chi connectivity index (χ3v) is 2.89. The molecule has 0 saturated heterocycles. The summed E-state index contributed by atoms with van der Waals surface area (Å²) in [5, 5.41) is 10.9. The number of esters is 1. The van der Waals surface area contributed by atoms with Crippen molar-refractivity contribution in [2.75, 3.05) is 7.11 Å². The number of ether oxygens (including phenoxy) is 2. The van der Waals surface area contributed by atoms with Crippen molar-refractivity contribution in [2.24, 2.45) is 0 Å². The fraction of sp³-hybridized carbons (Fsp3) is 0.133. The highest BCUT2D eigenvalue weighted by Crippen LogP contribution is 2.28. The molecule has 2 aromatic rings. The molecule has 0 aliphatic carbocycles. The van der Waals surface area contributed by atoms with E-state index in [-0.39, 0.29) is 17.9 Å². The Morgan fingerprint density at radius 1 is 1.27 bits per heavy atom. The van der Waals surface area contributed by atoms with Gasteiger partial charge in [-0.2, -0.15) is 0 Å². The van der Waals surface area contributed by atoms with Crippen LogP contribution in [0.2, 0.25) is 0 Å². The molecule has 2 rings (SSSR count). The first-order chi connectivity index (χ1) is 10.5. The summed E-state index contributed by atoms with van der Waals surface area (Å²) in [7, 11) is 1.08. The van der Waals surface area contributed by atoms with E-state index in [2.05, 4.69) is 4.74 Å². The summed E-state index contributed by atoms with van der Waals surface area (Å²) in [5.74, 6) is -2.11. The van der Waals surface area contributed by atoms with Crippen LogP contribution in [0.25, 0.3) is 0 Å². The number of nitro groups is 1. The summed E-state index contributed by atoms with van der Waals surface area (Å²) in [5.41, 5.74) is -0.242. The summed E-state index contributed by atoms with van der Waals surface area (Å²) >= 11 is 0. The smallest absolute Gasteiger partial charge is 0.345 e. The van der Waals surface area contributed by atoms with E-state index in [1.54, 1.807) is 24.3 Å². The fourth-order valence-corrected chi connectivity index (χ4v) is 1.81. The average molecular weight is 305 g/mol. The molecule has 0 N–H and O–H groups in total. The van der Waals surface area contributed by atoms with Gasteiger partial charge in [0.15, 0.2) is 11.6 Å². The zero-order chi connectivity index (χ0) is 16.1. The summed E-state index contributed by atoms with van der Waals surface area (Å²) in [4.78, 5) is 21.6. The monoisotopic (exact) mass is 305 g/mol. The molecule has 114 valence electrons. The van der Waals surface area contributed by atoms with Crippen molar-refractivity contribution in [3.63, 3.8) is 0 Å². The van der Waals surface area contributed by atoms with Crippen LogP contribution in [0.4, 0.5) is 10.1 Å². The molecular formula is C15H12FNO5. The van der Waals surface area contributed by atoms with Gasteiger partial charge in [0, 0.05) is 6.07 Å². The van der Waals surface area contributed by atoms with Gasteiger partial charge in [-0.15, -0.1) is 0 Å². The van der Waals surface area contributed by atoms with Crippen LogP contribution in [0.5, 0.6) is 5.75 Å². The molecule has 7 heteroatoms. The Labute approximate surface area is 125 Å². The molecule has 6 nitrogen and oxygen atoms in total. The van der Waals surface area contributed by atoms with Gasteiger partial charge in [0.05, 0.1) is 18.1 Å². The summed E-state index contributed by atoms with van der Waals surface area (Å²) in [6.07, 6.45) is 0. The zero-order valence-electron chi connectivity index (χ0n) is 11.6. The molecule has 0 spiro atoms. The molecule has 0 saturated carbocycles. The van der Waals surface area contributed by atoms with Gasteiger partial charge in [0.25, 0.3) is 5.69 Å². The molecule has 0 aliphatic rings. The number of nitrogens with zero attached hydrogens (tertiary/aromatic N) is 1. The van der Waals surface area contributed by atoms with E-state index in [1.165, 1.54) is 0 Å². The van der Waals surface area contributed by atoms with Crippen molar-refractivity contribution in [1.82, 2.24) is 0 Å². The van der Waals surface area contributed by atoms with E-state index in [0.29, 0.717) is 6.07 Å². The minimum absolute atomic E-state index is 0.0657. The molecular weight excluding hydrogens is 293 g/mol. The minimum atomic E-state index is -0.934.